The molecule has 2 atom stereocenters. The molecule has 0 saturated carbocycles. The number of aliphatic hydroxyl groups excluding tert-OH is 1. The van der Waals surface area contributed by atoms with Crippen LogP contribution in [-0.4, -0.2) is 62.3 Å². The molecular formula is C18H26N2O5S. The highest BCUT2D eigenvalue weighted by Gasteiger charge is 2.36. The van der Waals surface area contributed by atoms with E-state index in [9.17, 15) is 14.7 Å². The van der Waals surface area contributed by atoms with Gasteiger partial charge in [0.2, 0.25) is 11.8 Å². The van der Waals surface area contributed by atoms with Crippen LogP contribution in [0.4, 0.5) is 5.69 Å². The second-order valence-corrected chi connectivity index (χ2v) is 7.10. The normalized spacial score (nSPS) is 17.9. The van der Waals surface area contributed by atoms with Gasteiger partial charge in [0.25, 0.3) is 0 Å². The second kappa shape index (κ2) is 9.68. The minimum absolute atomic E-state index is 0.108. The van der Waals surface area contributed by atoms with Gasteiger partial charge in [-0.2, -0.15) is 11.8 Å². The lowest BCUT2D eigenvalue weighted by molar-refractivity contribution is -0.127. The van der Waals surface area contributed by atoms with Gasteiger partial charge in [-0.1, -0.05) is 0 Å². The first-order valence-electron chi connectivity index (χ1n) is 8.46. The molecule has 144 valence electrons. The van der Waals surface area contributed by atoms with Gasteiger partial charge < -0.3 is 24.8 Å². The maximum atomic E-state index is 12.5. The summed E-state index contributed by atoms with van der Waals surface area (Å²) in [5.41, 5.74) is 0.620. The van der Waals surface area contributed by atoms with Crippen LogP contribution in [0.2, 0.25) is 0 Å². The van der Waals surface area contributed by atoms with E-state index in [-0.39, 0.29) is 37.4 Å². The Hall–Kier alpha value is -1.93. The summed E-state index contributed by atoms with van der Waals surface area (Å²) in [7, 11) is 3.09. The van der Waals surface area contributed by atoms with E-state index in [2.05, 4.69) is 5.32 Å². The Morgan fingerprint density at radius 2 is 2.19 bits per heavy atom. The number of nitrogens with zero attached hydrogens (tertiary/aromatic N) is 1. The number of anilines is 1. The second-order valence-electron chi connectivity index (χ2n) is 6.11. The first kappa shape index (κ1) is 20.4. The van der Waals surface area contributed by atoms with Gasteiger partial charge in [0.1, 0.15) is 11.5 Å². The van der Waals surface area contributed by atoms with Gasteiger partial charge in [0.05, 0.1) is 38.5 Å². The third kappa shape index (κ3) is 4.82. The first-order chi connectivity index (χ1) is 12.5. The predicted octanol–water partition coefficient (Wildman–Crippen LogP) is 1.29. The summed E-state index contributed by atoms with van der Waals surface area (Å²) >= 11 is 1.66. The topological polar surface area (TPSA) is 88.1 Å². The molecule has 2 amide bonds. The van der Waals surface area contributed by atoms with Crippen LogP contribution in [0.3, 0.4) is 0 Å². The number of ether oxygens (including phenoxy) is 2. The zero-order valence-electron chi connectivity index (χ0n) is 15.4. The van der Waals surface area contributed by atoms with E-state index in [1.807, 2.05) is 6.26 Å². The number of benzene rings is 1. The summed E-state index contributed by atoms with van der Waals surface area (Å²) < 4.78 is 10.5. The molecule has 0 spiro atoms. The van der Waals surface area contributed by atoms with Gasteiger partial charge in [-0.05, 0) is 30.6 Å². The van der Waals surface area contributed by atoms with Crippen molar-refractivity contribution in [3.63, 3.8) is 0 Å². The van der Waals surface area contributed by atoms with E-state index in [0.717, 1.165) is 5.75 Å². The highest BCUT2D eigenvalue weighted by molar-refractivity contribution is 7.98. The molecule has 26 heavy (non-hydrogen) atoms. The lowest BCUT2D eigenvalue weighted by atomic mass is 10.1. The average Bonchev–Trinajstić information content (AvgIpc) is 3.05. The molecule has 1 unspecified atom stereocenters. The molecule has 2 rings (SSSR count). The van der Waals surface area contributed by atoms with Crippen molar-refractivity contribution < 1.29 is 24.2 Å². The molecule has 1 aliphatic heterocycles. The summed E-state index contributed by atoms with van der Waals surface area (Å²) in [4.78, 5) is 26.5. The van der Waals surface area contributed by atoms with Crippen LogP contribution in [0.5, 0.6) is 11.5 Å². The fourth-order valence-electron chi connectivity index (χ4n) is 2.91. The highest BCUT2D eigenvalue weighted by atomic mass is 32.2. The number of thioether (sulfide) groups is 1. The Bertz CT molecular complexity index is 640. The summed E-state index contributed by atoms with van der Waals surface area (Å²) in [5.74, 6) is 1.23. The molecule has 2 N–H and O–H groups in total. The zero-order chi connectivity index (χ0) is 19.1. The summed E-state index contributed by atoms with van der Waals surface area (Å²) in [5, 5.41) is 12.3. The molecule has 1 aromatic carbocycles. The van der Waals surface area contributed by atoms with Crippen LogP contribution in [0.25, 0.3) is 0 Å². The van der Waals surface area contributed by atoms with Crippen molar-refractivity contribution >= 4 is 29.3 Å². The highest BCUT2D eigenvalue weighted by Crippen LogP contribution is 2.35. The summed E-state index contributed by atoms with van der Waals surface area (Å²) in [6.45, 7) is 0.178. The Morgan fingerprint density at radius 1 is 1.42 bits per heavy atom. The van der Waals surface area contributed by atoms with Crippen molar-refractivity contribution in [2.24, 2.45) is 5.92 Å². The number of carbonyl (C=O) groups is 2. The number of hydrogen-bond acceptors (Lipinski definition) is 6. The van der Waals surface area contributed by atoms with Crippen LogP contribution >= 0.6 is 11.8 Å². The number of aliphatic hydroxyl groups is 1. The van der Waals surface area contributed by atoms with Crippen molar-refractivity contribution in [3.05, 3.63) is 18.2 Å². The van der Waals surface area contributed by atoms with Crippen LogP contribution in [-0.2, 0) is 9.59 Å². The fraction of sp³-hybridized carbons (Fsp3) is 0.556. The Balaban J connectivity index is 2.07. The van der Waals surface area contributed by atoms with Crippen molar-refractivity contribution in [2.75, 3.05) is 44.3 Å². The van der Waals surface area contributed by atoms with Gasteiger partial charge in [-0.3, -0.25) is 9.59 Å². The first-order valence-corrected chi connectivity index (χ1v) is 9.86. The van der Waals surface area contributed by atoms with Gasteiger partial charge >= 0.3 is 0 Å². The van der Waals surface area contributed by atoms with Crippen molar-refractivity contribution in [1.82, 2.24) is 5.32 Å². The standard InChI is InChI=1S/C18H26N2O5S/c1-24-14-4-5-15(16(9-14)25-2)20-10-12(8-17(20)22)18(23)19-13(11-21)6-7-26-3/h4-5,9,12-13,21H,6-8,10-11H2,1-3H3,(H,19,23)/t12?,13-/m0/s1. The van der Waals surface area contributed by atoms with Gasteiger partial charge in [0.15, 0.2) is 0 Å². The lowest BCUT2D eigenvalue weighted by Crippen LogP contribution is -2.42. The zero-order valence-corrected chi connectivity index (χ0v) is 16.2. The van der Waals surface area contributed by atoms with Crippen molar-refractivity contribution in [1.29, 1.82) is 0 Å². The van der Waals surface area contributed by atoms with E-state index in [4.69, 9.17) is 9.47 Å². The third-order valence-electron chi connectivity index (χ3n) is 4.41. The molecule has 1 aromatic rings. The number of methoxy groups -OCH3 is 2. The lowest BCUT2D eigenvalue weighted by Gasteiger charge is -2.21. The Labute approximate surface area is 158 Å². The summed E-state index contributed by atoms with van der Waals surface area (Å²) in [6.07, 6.45) is 2.81. The molecule has 0 aromatic heterocycles. The van der Waals surface area contributed by atoms with E-state index >= 15 is 0 Å². The molecule has 0 aliphatic carbocycles. The molecule has 7 nitrogen and oxygen atoms in total. The largest absolute Gasteiger partial charge is 0.497 e. The van der Waals surface area contributed by atoms with Crippen LogP contribution < -0.4 is 19.7 Å². The van der Waals surface area contributed by atoms with E-state index in [1.54, 1.807) is 42.0 Å². The number of amides is 2. The minimum Gasteiger partial charge on any atom is -0.497 e. The monoisotopic (exact) mass is 382 g/mol. The summed E-state index contributed by atoms with van der Waals surface area (Å²) in [6, 6.07) is 4.93. The number of hydrogen-bond donors (Lipinski definition) is 2. The Morgan fingerprint density at radius 3 is 2.81 bits per heavy atom. The Kier molecular flexibility index (Phi) is 7.59. The quantitative estimate of drug-likeness (QED) is 0.669. The minimum atomic E-state index is -0.447. The molecule has 1 saturated heterocycles. The van der Waals surface area contributed by atoms with Crippen molar-refractivity contribution in [3.8, 4) is 11.5 Å². The molecule has 0 bridgehead atoms. The maximum Gasteiger partial charge on any atom is 0.227 e. The third-order valence-corrected chi connectivity index (χ3v) is 5.05. The molecular weight excluding hydrogens is 356 g/mol. The van der Waals surface area contributed by atoms with Gasteiger partial charge in [-0.15, -0.1) is 0 Å². The SMILES string of the molecule is COc1ccc(N2CC(C(=O)N[C@H](CO)CCSC)CC2=O)c(OC)c1. The number of rotatable bonds is 9. The molecule has 1 aliphatic rings. The molecule has 0 radical (unpaired) electrons. The maximum absolute atomic E-state index is 12.5. The smallest absolute Gasteiger partial charge is 0.227 e. The molecule has 8 heteroatoms. The molecule has 1 heterocycles. The van der Waals surface area contributed by atoms with Crippen molar-refractivity contribution in [2.45, 2.75) is 18.9 Å². The van der Waals surface area contributed by atoms with E-state index < -0.39 is 5.92 Å². The van der Waals surface area contributed by atoms with Crippen LogP contribution in [0.15, 0.2) is 18.2 Å². The fourth-order valence-corrected chi connectivity index (χ4v) is 3.43. The van der Waals surface area contributed by atoms with Crippen LogP contribution in [0.1, 0.15) is 12.8 Å². The van der Waals surface area contributed by atoms with E-state index in [1.165, 1.54) is 7.11 Å². The van der Waals surface area contributed by atoms with E-state index in [0.29, 0.717) is 23.6 Å². The molecule has 1 fully saturated rings. The van der Waals surface area contributed by atoms with Gasteiger partial charge in [0, 0.05) is 19.0 Å². The predicted molar refractivity (Wildman–Crippen MR) is 102 cm³/mol. The van der Waals surface area contributed by atoms with Gasteiger partial charge in [-0.25, -0.2) is 0 Å². The number of nitrogens with one attached hydrogen (secondary N) is 1. The average molecular weight is 382 g/mol. The number of carbonyl (C=O) groups excluding carboxylic acids is 2. The van der Waals surface area contributed by atoms with Crippen LogP contribution in [0, 0.1) is 5.92 Å².